The molecule has 0 amide bonds. The van der Waals surface area contributed by atoms with E-state index in [0.29, 0.717) is 0 Å². The molecule has 2 rings (SSSR count). The minimum absolute atomic E-state index is 0.0451. The number of ether oxygens (including phenoxy) is 1. The fourth-order valence-electron chi connectivity index (χ4n) is 2.10. The van der Waals surface area contributed by atoms with Crippen molar-refractivity contribution in [1.29, 1.82) is 0 Å². The first kappa shape index (κ1) is 19.8. The minimum atomic E-state index is -4.61. The predicted molar refractivity (Wildman–Crippen MR) is 82.0 cm³/mol. The number of hydrogen-bond donors (Lipinski definition) is 0. The molecule has 12 heteroatoms. The predicted octanol–water partition coefficient (Wildman–Crippen LogP) is 3.09. The zero-order valence-electron chi connectivity index (χ0n) is 13.7. The first-order chi connectivity index (χ1) is 11.8. The number of imidazole rings is 1. The average Bonchev–Trinajstić information content (AvgIpc) is 2.94. The minimum Gasteiger partial charge on any atom is -0.367 e. The van der Waals surface area contributed by atoms with Crippen molar-refractivity contribution in [2.24, 2.45) is 0 Å². The van der Waals surface area contributed by atoms with Crippen LogP contribution in [0.2, 0.25) is 0 Å². The van der Waals surface area contributed by atoms with Gasteiger partial charge in [0.15, 0.2) is 11.3 Å². The van der Waals surface area contributed by atoms with Crippen molar-refractivity contribution < 1.29 is 31.5 Å². The summed E-state index contributed by atoms with van der Waals surface area (Å²) in [6, 6.07) is 0. The Balaban J connectivity index is 2.01. The second-order valence-corrected chi connectivity index (χ2v) is 6.81. The highest BCUT2D eigenvalue weighted by atomic mass is 31.2. The van der Waals surface area contributed by atoms with Crippen LogP contribution in [-0.4, -0.2) is 45.7 Å². The number of alkyl halides is 3. The summed E-state index contributed by atoms with van der Waals surface area (Å²) in [7, 11) is -3.33. The van der Waals surface area contributed by atoms with E-state index in [2.05, 4.69) is 15.0 Å². The Morgan fingerprint density at radius 2 is 1.84 bits per heavy atom. The summed E-state index contributed by atoms with van der Waals surface area (Å²) in [5, 5.41) is 0. The SMILES string of the molecule is CCOP(=O)(COCCn1cnc2c(C(F)(F)F)ncnc21)OCC. The van der Waals surface area contributed by atoms with Gasteiger partial charge in [0.1, 0.15) is 18.2 Å². The molecule has 2 heterocycles. The molecular formula is C13H18F3N4O4P. The van der Waals surface area contributed by atoms with Gasteiger partial charge in [0.25, 0.3) is 0 Å². The third kappa shape index (κ3) is 4.97. The van der Waals surface area contributed by atoms with Gasteiger partial charge in [-0.05, 0) is 13.8 Å². The van der Waals surface area contributed by atoms with Crippen LogP contribution in [0.3, 0.4) is 0 Å². The van der Waals surface area contributed by atoms with E-state index < -0.39 is 19.5 Å². The molecule has 0 fully saturated rings. The Labute approximate surface area is 141 Å². The van der Waals surface area contributed by atoms with Gasteiger partial charge >= 0.3 is 13.8 Å². The highest BCUT2D eigenvalue weighted by molar-refractivity contribution is 7.53. The fraction of sp³-hybridized carbons (Fsp3) is 0.615. The van der Waals surface area contributed by atoms with E-state index in [-0.39, 0.29) is 43.9 Å². The monoisotopic (exact) mass is 382 g/mol. The molecule has 0 atom stereocenters. The molecule has 0 saturated heterocycles. The number of nitrogens with zero attached hydrogens (tertiary/aromatic N) is 4. The van der Waals surface area contributed by atoms with E-state index in [1.807, 2.05) is 0 Å². The Hall–Kier alpha value is -1.55. The summed E-state index contributed by atoms with van der Waals surface area (Å²) in [5.74, 6) is 0. The van der Waals surface area contributed by atoms with E-state index in [4.69, 9.17) is 13.8 Å². The lowest BCUT2D eigenvalue weighted by atomic mass is 10.3. The first-order valence-electron chi connectivity index (χ1n) is 7.49. The van der Waals surface area contributed by atoms with Gasteiger partial charge in [-0.3, -0.25) is 4.57 Å². The van der Waals surface area contributed by atoms with E-state index in [1.54, 1.807) is 13.8 Å². The molecule has 25 heavy (non-hydrogen) atoms. The van der Waals surface area contributed by atoms with Crippen LogP contribution in [0.5, 0.6) is 0 Å². The molecule has 0 N–H and O–H groups in total. The quantitative estimate of drug-likeness (QED) is 0.486. The van der Waals surface area contributed by atoms with Crippen molar-refractivity contribution >= 4 is 18.8 Å². The smallest absolute Gasteiger partial charge is 0.367 e. The Morgan fingerprint density at radius 3 is 2.44 bits per heavy atom. The van der Waals surface area contributed by atoms with E-state index in [1.165, 1.54) is 10.9 Å². The van der Waals surface area contributed by atoms with E-state index >= 15 is 0 Å². The Bertz CT molecular complexity index is 742. The molecule has 0 spiro atoms. The van der Waals surface area contributed by atoms with Crippen LogP contribution in [0.1, 0.15) is 19.5 Å². The standard InChI is InChI=1S/C13H18F3N4O4P/c1-3-23-25(21,24-4-2)9-22-6-5-20-8-19-10-11(13(14,15)16)17-7-18-12(10)20/h7-8H,3-6,9H2,1-2H3. The van der Waals surface area contributed by atoms with Gasteiger partial charge in [-0.2, -0.15) is 13.2 Å². The van der Waals surface area contributed by atoms with Gasteiger partial charge in [0, 0.05) is 6.54 Å². The molecule has 0 unspecified atom stereocenters. The lowest BCUT2D eigenvalue weighted by Crippen LogP contribution is -2.11. The summed E-state index contributed by atoms with van der Waals surface area (Å²) in [5.41, 5.74) is -1.37. The maximum atomic E-state index is 12.9. The second-order valence-electron chi connectivity index (χ2n) is 4.81. The molecule has 0 aliphatic heterocycles. The van der Waals surface area contributed by atoms with Crippen molar-refractivity contribution in [3.63, 3.8) is 0 Å². The molecular weight excluding hydrogens is 364 g/mol. The topological polar surface area (TPSA) is 88.4 Å². The van der Waals surface area contributed by atoms with Crippen molar-refractivity contribution in [2.75, 3.05) is 26.2 Å². The molecule has 140 valence electrons. The highest BCUT2D eigenvalue weighted by Gasteiger charge is 2.36. The summed E-state index contributed by atoms with van der Waals surface area (Å²) in [6.45, 7) is 4.03. The molecule has 8 nitrogen and oxygen atoms in total. The number of aromatic nitrogens is 4. The van der Waals surface area contributed by atoms with Crippen LogP contribution >= 0.6 is 7.60 Å². The summed E-state index contributed by atoms with van der Waals surface area (Å²) in [6.07, 6.45) is -2.80. The summed E-state index contributed by atoms with van der Waals surface area (Å²) < 4.78 is 67.7. The molecule has 0 aliphatic carbocycles. The summed E-state index contributed by atoms with van der Waals surface area (Å²) >= 11 is 0. The lowest BCUT2D eigenvalue weighted by Gasteiger charge is -2.16. The first-order valence-corrected chi connectivity index (χ1v) is 9.22. The van der Waals surface area contributed by atoms with Gasteiger partial charge in [-0.25, -0.2) is 15.0 Å². The number of fused-ring (bicyclic) bond motifs is 1. The van der Waals surface area contributed by atoms with Crippen molar-refractivity contribution in [3.05, 3.63) is 18.3 Å². The molecule has 2 aromatic rings. The largest absolute Gasteiger partial charge is 0.435 e. The van der Waals surface area contributed by atoms with Gasteiger partial charge in [0.05, 0.1) is 26.1 Å². The van der Waals surface area contributed by atoms with Gasteiger partial charge < -0.3 is 18.4 Å². The average molecular weight is 382 g/mol. The number of hydrogen-bond acceptors (Lipinski definition) is 7. The summed E-state index contributed by atoms with van der Waals surface area (Å²) in [4.78, 5) is 10.8. The normalized spacial score (nSPS) is 12.8. The highest BCUT2D eigenvalue weighted by Crippen LogP contribution is 2.47. The van der Waals surface area contributed by atoms with Crippen LogP contribution in [0.4, 0.5) is 13.2 Å². The lowest BCUT2D eigenvalue weighted by molar-refractivity contribution is -0.140. The number of rotatable bonds is 9. The van der Waals surface area contributed by atoms with Gasteiger partial charge in [-0.1, -0.05) is 0 Å². The van der Waals surface area contributed by atoms with Crippen molar-refractivity contribution in [2.45, 2.75) is 26.6 Å². The molecule has 0 aromatic carbocycles. The third-order valence-corrected chi connectivity index (χ3v) is 4.85. The van der Waals surface area contributed by atoms with Crippen LogP contribution in [0, 0.1) is 0 Å². The zero-order chi connectivity index (χ0) is 18.5. The van der Waals surface area contributed by atoms with E-state index in [9.17, 15) is 17.7 Å². The van der Waals surface area contributed by atoms with Crippen LogP contribution in [-0.2, 0) is 31.1 Å². The maximum Gasteiger partial charge on any atom is 0.435 e. The fourth-order valence-corrected chi connectivity index (χ4v) is 3.46. The van der Waals surface area contributed by atoms with Gasteiger partial charge in [0.2, 0.25) is 0 Å². The van der Waals surface area contributed by atoms with Gasteiger partial charge in [-0.15, -0.1) is 0 Å². The molecule has 0 aliphatic rings. The van der Waals surface area contributed by atoms with E-state index in [0.717, 1.165) is 6.33 Å². The molecule has 0 radical (unpaired) electrons. The number of halogens is 3. The van der Waals surface area contributed by atoms with Crippen LogP contribution in [0.15, 0.2) is 12.7 Å². The molecule has 2 aromatic heterocycles. The van der Waals surface area contributed by atoms with Crippen LogP contribution in [0.25, 0.3) is 11.2 Å². The van der Waals surface area contributed by atoms with Crippen LogP contribution < -0.4 is 0 Å². The Morgan fingerprint density at radius 1 is 1.16 bits per heavy atom. The second kappa shape index (κ2) is 8.22. The molecule has 0 bridgehead atoms. The third-order valence-electron chi connectivity index (χ3n) is 3.05. The van der Waals surface area contributed by atoms with Crippen molar-refractivity contribution in [1.82, 2.24) is 19.5 Å². The maximum absolute atomic E-state index is 12.9. The Kier molecular flexibility index (Phi) is 6.50. The van der Waals surface area contributed by atoms with Crippen molar-refractivity contribution in [3.8, 4) is 0 Å². The molecule has 0 saturated carbocycles. The zero-order valence-corrected chi connectivity index (χ0v) is 14.6.